The molecule has 0 saturated carbocycles. The number of nitrogens with zero attached hydrogens (tertiary/aromatic N) is 2. The Labute approximate surface area is 265 Å². The number of aryl methyl sites for hydroxylation is 1. The summed E-state index contributed by atoms with van der Waals surface area (Å²) in [5.74, 6) is -0.669. The van der Waals surface area contributed by atoms with Crippen molar-refractivity contribution in [2.24, 2.45) is 5.92 Å². The summed E-state index contributed by atoms with van der Waals surface area (Å²) in [6, 6.07) is 30.7. The van der Waals surface area contributed by atoms with E-state index >= 15 is 0 Å². The summed E-state index contributed by atoms with van der Waals surface area (Å²) in [6.07, 6.45) is 0.233. The van der Waals surface area contributed by atoms with Gasteiger partial charge in [-0.05, 0) is 54.3 Å². The molecule has 0 radical (unpaired) electrons. The first-order chi connectivity index (χ1) is 21.1. The first kappa shape index (κ1) is 32.8. The molecule has 0 fully saturated rings. The summed E-state index contributed by atoms with van der Waals surface area (Å²) in [4.78, 5) is 29.8. The van der Waals surface area contributed by atoms with Gasteiger partial charge in [0.05, 0.1) is 10.6 Å². The molecule has 1 N–H and O–H groups in total. The molecule has 0 aliphatic rings. The van der Waals surface area contributed by atoms with Gasteiger partial charge in [-0.3, -0.25) is 13.9 Å². The van der Waals surface area contributed by atoms with Crippen LogP contribution in [0.2, 0.25) is 5.02 Å². The molecule has 0 heterocycles. The van der Waals surface area contributed by atoms with Crippen LogP contribution in [0.4, 0.5) is 5.69 Å². The van der Waals surface area contributed by atoms with Crippen LogP contribution in [0.3, 0.4) is 0 Å². The summed E-state index contributed by atoms with van der Waals surface area (Å²) in [5, 5.41) is 3.43. The van der Waals surface area contributed by atoms with Gasteiger partial charge in [0.2, 0.25) is 11.8 Å². The third kappa shape index (κ3) is 8.49. The molecule has 4 aromatic rings. The van der Waals surface area contributed by atoms with E-state index in [1.165, 1.54) is 17.0 Å². The fraction of sp³-hybridized carbons (Fsp3) is 0.257. The van der Waals surface area contributed by atoms with Crippen LogP contribution in [0, 0.1) is 12.8 Å². The van der Waals surface area contributed by atoms with Gasteiger partial charge in [-0.2, -0.15) is 0 Å². The van der Waals surface area contributed by atoms with E-state index in [0.29, 0.717) is 22.8 Å². The highest BCUT2D eigenvalue weighted by Gasteiger charge is 2.34. The van der Waals surface area contributed by atoms with Crippen LogP contribution >= 0.6 is 11.6 Å². The van der Waals surface area contributed by atoms with Crippen molar-refractivity contribution in [3.05, 3.63) is 131 Å². The zero-order valence-electron chi connectivity index (χ0n) is 25.2. The predicted molar refractivity (Wildman–Crippen MR) is 176 cm³/mol. The highest BCUT2D eigenvalue weighted by atomic mass is 35.5. The third-order valence-corrected chi connectivity index (χ3v) is 9.34. The van der Waals surface area contributed by atoms with Gasteiger partial charge in [0.15, 0.2) is 0 Å². The minimum absolute atomic E-state index is 0.0122. The second kappa shape index (κ2) is 15.0. The number of rotatable bonds is 13. The van der Waals surface area contributed by atoms with Crippen LogP contribution in [0.25, 0.3) is 0 Å². The lowest BCUT2D eigenvalue weighted by Crippen LogP contribution is -2.53. The molecule has 2 amide bonds. The van der Waals surface area contributed by atoms with Crippen LogP contribution < -0.4 is 9.62 Å². The average Bonchev–Trinajstić information content (AvgIpc) is 3.02. The van der Waals surface area contributed by atoms with Gasteiger partial charge in [0.1, 0.15) is 12.6 Å². The van der Waals surface area contributed by atoms with E-state index in [0.717, 1.165) is 15.4 Å². The van der Waals surface area contributed by atoms with Crippen molar-refractivity contribution in [1.29, 1.82) is 0 Å². The Morgan fingerprint density at radius 3 is 2.02 bits per heavy atom. The molecule has 0 spiro atoms. The van der Waals surface area contributed by atoms with Crippen LogP contribution in [-0.4, -0.2) is 44.3 Å². The highest BCUT2D eigenvalue weighted by molar-refractivity contribution is 7.92. The van der Waals surface area contributed by atoms with Crippen LogP contribution in [0.15, 0.2) is 114 Å². The van der Waals surface area contributed by atoms with Crippen molar-refractivity contribution in [1.82, 2.24) is 10.2 Å². The van der Waals surface area contributed by atoms with E-state index in [1.807, 2.05) is 57.2 Å². The Morgan fingerprint density at radius 2 is 1.41 bits per heavy atom. The number of hydrogen-bond acceptors (Lipinski definition) is 4. The molecule has 0 bridgehead atoms. The van der Waals surface area contributed by atoms with Gasteiger partial charge >= 0.3 is 0 Å². The summed E-state index contributed by atoms with van der Waals surface area (Å²) >= 11 is 6.54. The van der Waals surface area contributed by atoms with E-state index in [4.69, 9.17) is 11.6 Å². The van der Waals surface area contributed by atoms with E-state index in [-0.39, 0.29) is 29.7 Å². The smallest absolute Gasteiger partial charge is 0.264 e. The molecule has 9 heteroatoms. The van der Waals surface area contributed by atoms with Gasteiger partial charge in [0.25, 0.3) is 10.0 Å². The normalized spacial score (nSPS) is 12.0. The van der Waals surface area contributed by atoms with Crippen molar-refractivity contribution in [2.75, 3.05) is 17.4 Å². The van der Waals surface area contributed by atoms with E-state index in [1.54, 1.807) is 60.7 Å². The van der Waals surface area contributed by atoms with Gasteiger partial charge in [-0.1, -0.05) is 110 Å². The molecular formula is C35H38ClN3O4S. The molecule has 4 rings (SSSR count). The Hall–Kier alpha value is -4.14. The van der Waals surface area contributed by atoms with Crippen LogP contribution in [-0.2, 0) is 32.6 Å². The second-order valence-electron chi connectivity index (χ2n) is 11.1. The molecule has 4 aromatic carbocycles. The maximum atomic E-state index is 14.4. The largest absolute Gasteiger partial charge is 0.354 e. The third-order valence-electron chi connectivity index (χ3n) is 7.19. The minimum atomic E-state index is -4.15. The van der Waals surface area contributed by atoms with Crippen molar-refractivity contribution >= 4 is 39.1 Å². The zero-order valence-corrected chi connectivity index (χ0v) is 26.8. The number of sulfonamides is 1. The van der Waals surface area contributed by atoms with Crippen LogP contribution in [0.1, 0.15) is 30.5 Å². The van der Waals surface area contributed by atoms with E-state index in [2.05, 4.69) is 5.32 Å². The molecule has 0 saturated heterocycles. The van der Waals surface area contributed by atoms with Gasteiger partial charge in [-0.15, -0.1) is 0 Å². The number of anilines is 1. The average molecular weight is 632 g/mol. The quantitative estimate of drug-likeness (QED) is 0.189. The molecule has 1 atom stereocenters. The lowest BCUT2D eigenvalue weighted by Gasteiger charge is -2.34. The predicted octanol–water partition coefficient (Wildman–Crippen LogP) is 6.26. The lowest BCUT2D eigenvalue weighted by molar-refractivity contribution is -0.140. The molecule has 0 aromatic heterocycles. The first-order valence-electron chi connectivity index (χ1n) is 14.5. The molecule has 0 aliphatic carbocycles. The molecule has 0 aliphatic heterocycles. The Bertz CT molecular complexity index is 1650. The van der Waals surface area contributed by atoms with Gasteiger partial charge < -0.3 is 10.2 Å². The summed E-state index contributed by atoms with van der Waals surface area (Å²) in [5.41, 5.74) is 2.75. The number of benzene rings is 4. The van der Waals surface area contributed by atoms with Crippen LogP contribution in [0.5, 0.6) is 0 Å². The van der Waals surface area contributed by atoms with E-state index in [9.17, 15) is 18.0 Å². The van der Waals surface area contributed by atoms with Crippen molar-refractivity contribution in [2.45, 2.75) is 44.7 Å². The maximum absolute atomic E-state index is 14.4. The van der Waals surface area contributed by atoms with E-state index < -0.39 is 28.5 Å². The first-order valence-corrected chi connectivity index (χ1v) is 16.4. The van der Waals surface area contributed by atoms with Gasteiger partial charge in [0, 0.05) is 24.5 Å². The fourth-order valence-corrected chi connectivity index (χ4v) is 6.36. The number of hydrogen-bond donors (Lipinski definition) is 1. The number of halogens is 1. The van der Waals surface area contributed by atoms with Crippen molar-refractivity contribution in [3.63, 3.8) is 0 Å². The SMILES string of the molecule is Cc1ccc(S(=O)(=O)N(CC(=O)N(Cc2ccccc2Cl)C(Cc2ccccc2)C(=O)NCC(C)C)c2ccccc2)cc1. The van der Waals surface area contributed by atoms with Gasteiger partial charge in [-0.25, -0.2) is 8.42 Å². The molecule has 230 valence electrons. The number of para-hydroxylation sites is 1. The summed E-state index contributed by atoms with van der Waals surface area (Å²) in [7, 11) is -4.15. The molecule has 7 nitrogen and oxygen atoms in total. The molecular weight excluding hydrogens is 594 g/mol. The topological polar surface area (TPSA) is 86.8 Å². The monoisotopic (exact) mass is 631 g/mol. The number of carbonyl (C=O) groups is 2. The number of amides is 2. The van der Waals surface area contributed by atoms with Crippen molar-refractivity contribution < 1.29 is 18.0 Å². The maximum Gasteiger partial charge on any atom is 0.264 e. The molecule has 44 heavy (non-hydrogen) atoms. The number of nitrogens with one attached hydrogen (secondary N) is 1. The Morgan fingerprint density at radius 1 is 0.818 bits per heavy atom. The standard InChI is InChI=1S/C35H38ClN3O4S/c1-26(2)23-37-35(41)33(22-28-12-6-4-7-13-28)38(24-29-14-10-11-17-32(29)36)34(40)25-39(30-15-8-5-9-16-30)44(42,43)31-20-18-27(3)19-21-31/h4-21,26,33H,22-25H2,1-3H3,(H,37,41). The minimum Gasteiger partial charge on any atom is -0.354 e. The molecule has 1 unspecified atom stereocenters. The lowest BCUT2D eigenvalue weighted by atomic mass is 10.0. The second-order valence-corrected chi connectivity index (χ2v) is 13.4. The van der Waals surface area contributed by atoms with Crippen molar-refractivity contribution in [3.8, 4) is 0 Å². The number of carbonyl (C=O) groups excluding carboxylic acids is 2. The summed E-state index contributed by atoms with van der Waals surface area (Å²) < 4.78 is 29.2. The summed E-state index contributed by atoms with van der Waals surface area (Å²) in [6.45, 7) is 5.78. The Balaban J connectivity index is 1.79. The highest BCUT2D eigenvalue weighted by Crippen LogP contribution is 2.26. The zero-order chi connectivity index (χ0) is 31.7. The fourth-order valence-electron chi connectivity index (χ4n) is 4.75. The Kier molecular flexibility index (Phi) is 11.2.